The van der Waals surface area contributed by atoms with Crippen molar-refractivity contribution in [3.05, 3.63) is 70.5 Å². The number of rotatable bonds is 3. The molecule has 0 heterocycles. The summed E-state index contributed by atoms with van der Waals surface area (Å²) in [6, 6.07) is 13.1. The second-order valence-corrected chi connectivity index (χ2v) is 5.64. The van der Waals surface area contributed by atoms with E-state index in [1.165, 1.54) is 24.8 Å². The highest BCUT2D eigenvalue weighted by Gasteiger charge is 2.26. The molecule has 1 fully saturated rings. The van der Waals surface area contributed by atoms with E-state index < -0.39 is 6.10 Å². The van der Waals surface area contributed by atoms with Crippen molar-refractivity contribution in [3.8, 4) is 0 Å². The van der Waals surface area contributed by atoms with Gasteiger partial charge in [0.05, 0.1) is 0 Å². The lowest BCUT2D eigenvalue weighted by atomic mass is 9.77. The highest BCUT2D eigenvalue weighted by atomic mass is 19.1. The minimum atomic E-state index is -0.883. The predicted octanol–water partition coefficient (Wildman–Crippen LogP) is 4.48. The van der Waals surface area contributed by atoms with Crippen LogP contribution in [0.1, 0.15) is 53.5 Å². The number of hydrogen-bond donors (Lipinski definition) is 1. The van der Waals surface area contributed by atoms with Gasteiger partial charge in [-0.25, -0.2) is 4.39 Å². The Balaban J connectivity index is 2.02. The zero-order chi connectivity index (χ0) is 14.1. The Morgan fingerprint density at radius 1 is 1.05 bits per heavy atom. The Kier molecular flexibility index (Phi) is 3.58. The van der Waals surface area contributed by atoms with Crippen LogP contribution in [0, 0.1) is 12.7 Å². The SMILES string of the molecule is Cc1cccc(C(O)c2ccccc2C2CCC2)c1F. The van der Waals surface area contributed by atoms with Gasteiger partial charge in [-0.1, -0.05) is 48.9 Å². The standard InChI is InChI=1S/C18H19FO/c1-12-6-4-11-16(17(12)19)18(20)15-10-3-2-9-14(15)13-7-5-8-13/h2-4,6,9-11,13,18,20H,5,7-8H2,1H3. The number of aryl methyl sites for hydroxylation is 1. The first-order valence-corrected chi connectivity index (χ1v) is 7.20. The largest absolute Gasteiger partial charge is 0.384 e. The Hall–Kier alpha value is -1.67. The molecule has 0 amide bonds. The van der Waals surface area contributed by atoms with Crippen molar-refractivity contribution in [2.45, 2.75) is 38.2 Å². The second kappa shape index (κ2) is 5.37. The fourth-order valence-corrected chi connectivity index (χ4v) is 2.90. The molecular weight excluding hydrogens is 251 g/mol. The maximum Gasteiger partial charge on any atom is 0.132 e. The number of hydrogen-bond acceptors (Lipinski definition) is 1. The van der Waals surface area contributed by atoms with Gasteiger partial charge >= 0.3 is 0 Å². The van der Waals surface area contributed by atoms with Gasteiger partial charge < -0.3 is 5.11 Å². The minimum absolute atomic E-state index is 0.302. The van der Waals surface area contributed by atoms with Crippen LogP contribution in [0.3, 0.4) is 0 Å². The van der Waals surface area contributed by atoms with Crippen LogP contribution in [0.15, 0.2) is 42.5 Å². The third kappa shape index (κ3) is 2.25. The molecule has 2 aromatic carbocycles. The first-order valence-electron chi connectivity index (χ1n) is 7.20. The summed E-state index contributed by atoms with van der Waals surface area (Å²) in [5.41, 5.74) is 2.97. The van der Waals surface area contributed by atoms with E-state index in [2.05, 4.69) is 6.07 Å². The van der Waals surface area contributed by atoms with Gasteiger partial charge in [-0.3, -0.25) is 0 Å². The summed E-state index contributed by atoms with van der Waals surface area (Å²) < 4.78 is 14.2. The average molecular weight is 270 g/mol. The van der Waals surface area contributed by atoms with Crippen molar-refractivity contribution in [1.82, 2.24) is 0 Å². The number of halogens is 1. The van der Waals surface area contributed by atoms with Gasteiger partial charge in [0, 0.05) is 5.56 Å². The molecule has 1 unspecified atom stereocenters. The van der Waals surface area contributed by atoms with E-state index in [4.69, 9.17) is 0 Å². The molecule has 1 nitrogen and oxygen atoms in total. The lowest BCUT2D eigenvalue weighted by Crippen LogP contribution is -2.14. The Morgan fingerprint density at radius 3 is 2.45 bits per heavy atom. The van der Waals surface area contributed by atoms with Gasteiger partial charge in [0.15, 0.2) is 0 Å². The van der Waals surface area contributed by atoms with Gasteiger partial charge in [-0.2, -0.15) is 0 Å². The van der Waals surface area contributed by atoms with Crippen molar-refractivity contribution in [2.24, 2.45) is 0 Å². The number of aliphatic hydroxyl groups is 1. The molecule has 2 heteroatoms. The number of aliphatic hydroxyl groups excluding tert-OH is 1. The molecule has 2 aromatic rings. The van der Waals surface area contributed by atoms with E-state index in [-0.39, 0.29) is 5.82 Å². The first-order chi connectivity index (χ1) is 9.68. The topological polar surface area (TPSA) is 20.2 Å². The Bertz CT molecular complexity index is 617. The highest BCUT2D eigenvalue weighted by molar-refractivity contribution is 5.40. The monoisotopic (exact) mass is 270 g/mol. The average Bonchev–Trinajstić information content (AvgIpc) is 2.40. The molecule has 1 aliphatic rings. The van der Waals surface area contributed by atoms with Crippen LogP contribution in [-0.2, 0) is 0 Å². The maximum atomic E-state index is 14.2. The van der Waals surface area contributed by atoms with Crippen molar-refractivity contribution in [2.75, 3.05) is 0 Å². The van der Waals surface area contributed by atoms with Gasteiger partial charge in [-0.15, -0.1) is 0 Å². The van der Waals surface area contributed by atoms with Gasteiger partial charge in [-0.05, 0) is 42.4 Å². The summed E-state index contributed by atoms with van der Waals surface area (Å²) in [6.45, 7) is 1.73. The van der Waals surface area contributed by atoms with E-state index in [1.54, 1.807) is 25.1 Å². The van der Waals surface area contributed by atoms with Crippen molar-refractivity contribution in [1.29, 1.82) is 0 Å². The second-order valence-electron chi connectivity index (χ2n) is 5.64. The normalized spacial score (nSPS) is 16.8. The maximum absolute atomic E-state index is 14.2. The molecule has 0 aliphatic heterocycles. The smallest absolute Gasteiger partial charge is 0.132 e. The predicted molar refractivity (Wildman–Crippen MR) is 78.2 cm³/mol. The van der Waals surface area contributed by atoms with Gasteiger partial charge in [0.1, 0.15) is 11.9 Å². The van der Waals surface area contributed by atoms with Crippen molar-refractivity contribution < 1.29 is 9.50 Å². The molecule has 0 radical (unpaired) electrons. The third-order valence-corrected chi connectivity index (χ3v) is 4.35. The van der Waals surface area contributed by atoms with Crippen LogP contribution < -0.4 is 0 Å². The highest BCUT2D eigenvalue weighted by Crippen LogP contribution is 2.40. The molecule has 104 valence electrons. The van der Waals surface area contributed by atoms with Crippen LogP contribution in [0.5, 0.6) is 0 Å². The molecule has 1 saturated carbocycles. The molecule has 0 spiro atoms. The molecule has 3 rings (SSSR count). The van der Waals surface area contributed by atoms with Crippen LogP contribution in [0.2, 0.25) is 0 Å². The Labute approximate surface area is 119 Å². The molecule has 0 aromatic heterocycles. The van der Waals surface area contributed by atoms with E-state index in [0.717, 1.165) is 5.56 Å². The van der Waals surface area contributed by atoms with E-state index in [0.29, 0.717) is 17.0 Å². The lowest BCUT2D eigenvalue weighted by Gasteiger charge is -2.29. The molecule has 1 aliphatic carbocycles. The summed E-state index contributed by atoms with van der Waals surface area (Å²) in [4.78, 5) is 0. The third-order valence-electron chi connectivity index (χ3n) is 4.35. The summed E-state index contributed by atoms with van der Waals surface area (Å²) >= 11 is 0. The van der Waals surface area contributed by atoms with Crippen molar-refractivity contribution in [3.63, 3.8) is 0 Å². The van der Waals surface area contributed by atoms with Gasteiger partial charge in [0.25, 0.3) is 0 Å². The molecule has 20 heavy (non-hydrogen) atoms. The molecule has 1 atom stereocenters. The minimum Gasteiger partial charge on any atom is -0.384 e. The number of benzene rings is 2. The van der Waals surface area contributed by atoms with E-state index >= 15 is 0 Å². The van der Waals surface area contributed by atoms with E-state index in [1.807, 2.05) is 18.2 Å². The Morgan fingerprint density at radius 2 is 1.75 bits per heavy atom. The zero-order valence-corrected chi connectivity index (χ0v) is 11.6. The van der Waals surface area contributed by atoms with Gasteiger partial charge in [0.2, 0.25) is 0 Å². The summed E-state index contributed by atoms with van der Waals surface area (Å²) in [7, 11) is 0. The van der Waals surface area contributed by atoms with E-state index in [9.17, 15) is 9.50 Å². The zero-order valence-electron chi connectivity index (χ0n) is 11.6. The molecule has 1 N–H and O–H groups in total. The molecule has 0 saturated heterocycles. The van der Waals surface area contributed by atoms with Crippen LogP contribution in [-0.4, -0.2) is 5.11 Å². The quantitative estimate of drug-likeness (QED) is 0.871. The van der Waals surface area contributed by atoms with Crippen LogP contribution in [0.25, 0.3) is 0 Å². The fraction of sp³-hybridized carbons (Fsp3) is 0.333. The lowest BCUT2D eigenvalue weighted by molar-refractivity contribution is 0.211. The molecular formula is C18H19FO. The van der Waals surface area contributed by atoms with Crippen molar-refractivity contribution >= 4 is 0 Å². The summed E-state index contributed by atoms with van der Waals surface area (Å²) in [5, 5.41) is 10.6. The summed E-state index contributed by atoms with van der Waals surface area (Å²) in [5.74, 6) is 0.220. The fourth-order valence-electron chi connectivity index (χ4n) is 2.90. The molecule has 0 bridgehead atoms. The van der Waals surface area contributed by atoms with Crippen LogP contribution >= 0.6 is 0 Å². The van der Waals surface area contributed by atoms with Crippen LogP contribution in [0.4, 0.5) is 4.39 Å². The summed E-state index contributed by atoms with van der Waals surface area (Å²) in [6.07, 6.45) is 2.69. The first kappa shape index (κ1) is 13.3.